The summed E-state index contributed by atoms with van der Waals surface area (Å²) >= 11 is 0. The number of aromatic nitrogens is 4. The Bertz CT molecular complexity index is 847. The number of fused-ring (bicyclic) bond motifs is 3. The van der Waals surface area contributed by atoms with Gasteiger partial charge in [0.1, 0.15) is 0 Å². The molecule has 2 aromatic rings. The zero-order valence-electron chi connectivity index (χ0n) is 15.0. The number of anilines is 1. The second-order valence-electron chi connectivity index (χ2n) is 7.81. The van der Waals surface area contributed by atoms with Crippen molar-refractivity contribution in [2.75, 3.05) is 5.32 Å². The van der Waals surface area contributed by atoms with Crippen molar-refractivity contribution >= 4 is 11.9 Å². The molecule has 2 aromatic heterocycles. The first-order valence-corrected chi connectivity index (χ1v) is 8.87. The number of carbonyl (C=O) groups is 1. The Balaban J connectivity index is 1.82. The van der Waals surface area contributed by atoms with Crippen LogP contribution in [0.3, 0.4) is 0 Å². The fourth-order valence-electron chi connectivity index (χ4n) is 4.24. The minimum absolute atomic E-state index is 0.245. The second kappa shape index (κ2) is 5.54. The lowest BCUT2D eigenvalue weighted by molar-refractivity contribution is 0.0992. The Morgan fingerprint density at radius 3 is 2.76 bits per heavy atom. The predicted octanol–water partition coefficient (Wildman–Crippen LogP) is 2.16. The fourth-order valence-corrected chi connectivity index (χ4v) is 4.24. The van der Waals surface area contributed by atoms with Crippen LogP contribution in [0.25, 0.3) is 11.4 Å². The minimum atomic E-state index is -0.494. The van der Waals surface area contributed by atoms with E-state index in [1.54, 1.807) is 4.68 Å². The standard InChI is InChI=1S/C18H24N6O/c1-18(2)8-10-9-20-17(21-11-6-4-5-7-11)22-13(10)15-12(18)14(16(19)25)23-24(15)3/h9,11H,4-8H2,1-3H3,(H2,19,25)(H,20,21,22). The molecule has 2 aliphatic rings. The minimum Gasteiger partial charge on any atom is -0.364 e. The smallest absolute Gasteiger partial charge is 0.269 e. The predicted molar refractivity (Wildman–Crippen MR) is 95.4 cm³/mol. The van der Waals surface area contributed by atoms with Gasteiger partial charge >= 0.3 is 0 Å². The van der Waals surface area contributed by atoms with Crippen molar-refractivity contribution < 1.29 is 4.79 Å². The number of nitrogens with two attached hydrogens (primary N) is 1. The van der Waals surface area contributed by atoms with Gasteiger partial charge in [-0.2, -0.15) is 5.10 Å². The third-order valence-electron chi connectivity index (χ3n) is 5.37. The van der Waals surface area contributed by atoms with Crippen LogP contribution in [0.2, 0.25) is 0 Å². The number of rotatable bonds is 3. The summed E-state index contributed by atoms with van der Waals surface area (Å²) in [7, 11) is 1.84. The van der Waals surface area contributed by atoms with Gasteiger partial charge in [-0.15, -0.1) is 0 Å². The van der Waals surface area contributed by atoms with Crippen LogP contribution in [0.15, 0.2) is 6.20 Å². The molecule has 0 bridgehead atoms. The zero-order valence-corrected chi connectivity index (χ0v) is 15.0. The molecule has 1 fully saturated rings. The van der Waals surface area contributed by atoms with Crippen LogP contribution in [0.4, 0.5) is 5.95 Å². The summed E-state index contributed by atoms with van der Waals surface area (Å²) < 4.78 is 1.72. The summed E-state index contributed by atoms with van der Waals surface area (Å²) in [6.45, 7) is 4.21. The molecule has 0 saturated heterocycles. The molecule has 3 N–H and O–H groups in total. The van der Waals surface area contributed by atoms with Gasteiger partial charge in [0, 0.05) is 24.8 Å². The average molecular weight is 340 g/mol. The zero-order chi connectivity index (χ0) is 17.8. The number of aryl methyl sites for hydroxylation is 1. The normalized spacial score (nSPS) is 18.7. The van der Waals surface area contributed by atoms with Crippen molar-refractivity contribution in [3.63, 3.8) is 0 Å². The van der Waals surface area contributed by atoms with Crippen LogP contribution < -0.4 is 11.1 Å². The summed E-state index contributed by atoms with van der Waals surface area (Å²) in [6.07, 6.45) is 7.49. The topological polar surface area (TPSA) is 98.7 Å². The summed E-state index contributed by atoms with van der Waals surface area (Å²) in [5, 5.41) is 7.83. The number of hydrogen-bond donors (Lipinski definition) is 2. The van der Waals surface area contributed by atoms with Gasteiger partial charge in [-0.1, -0.05) is 26.7 Å². The van der Waals surface area contributed by atoms with E-state index in [9.17, 15) is 4.79 Å². The molecule has 2 aliphatic carbocycles. The van der Waals surface area contributed by atoms with Gasteiger partial charge in [0.15, 0.2) is 5.69 Å². The maximum Gasteiger partial charge on any atom is 0.269 e. The van der Waals surface area contributed by atoms with Crippen LogP contribution in [0.1, 0.15) is 61.1 Å². The van der Waals surface area contributed by atoms with Crippen molar-refractivity contribution in [3.05, 3.63) is 23.0 Å². The number of carbonyl (C=O) groups excluding carboxylic acids is 1. The van der Waals surface area contributed by atoms with Crippen LogP contribution in [-0.2, 0) is 18.9 Å². The highest BCUT2D eigenvalue weighted by atomic mass is 16.1. The van der Waals surface area contributed by atoms with Gasteiger partial charge in [0.2, 0.25) is 5.95 Å². The van der Waals surface area contributed by atoms with E-state index < -0.39 is 5.91 Å². The van der Waals surface area contributed by atoms with Gasteiger partial charge in [-0.05, 0) is 30.2 Å². The molecule has 0 aliphatic heterocycles. The average Bonchev–Trinajstić information content (AvgIpc) is 3.16. The molecule has 7 heteroatoms. The van der Waals surface area contributed by atoms with Crippen molar-refractivity contribution in [1.29, 1.82) is 0 Å². The lowest BCUT2D eigenvalue weighted by atomic mass is 9.73. The molecule has 0 spiro atoms. The molecule has 1 saturated carbocycles. The number of amides is 1. The number of nitrogens with zero attached hydrogens (tertiary/aromatic N) is 4. The maximum atomic E-state index is 11.9. The van der Waals surface area contributed by atoms with Crippen molar-refractivity contribution in [2.24, 2.45) is 12.8 Å². The van der Waals surface area contributed by atoms with E-state index in [0.29, 0.717) is 17.7 Å². The van der Waals surface area contributed by atoms with Gasteiger partial charge in [-0.25, -0.2) is 9.97 Å². The summed E-state index contributed by atoms with van der Waals surface area (Å²) in [5.74, 6) is 0.157. The van der Waals surface area contributed by atoms with E-state index in [2.05, 4.69) is 29.2 Å². The SMILES string of the molecule is Cn1nc(C(N)=O)c2c1-c1nc(NC3CCCC3)ncc1CC2(C)C. The van der Waals surface area contributed by atoms with Crippen LogP contribution in [0.5, 0.6) is 0 Å². The van der Waals surface area contributed by atoms with Gasteiger partial charge in [0.05, 0.1) is 11.4 Å². The molecular formula is C18H24N6O. The van der Waals surface area contributed by atoms with Crippen molar-refractivity contribution in [1.82, 2.24) is 19.7 Å². The third kappa shape index (κ3) is 2.58. The van der Waals surface area contributed by atoms with Crippen molar-refractivity contribution in [2.45, 2.75) is 57.4 Å². The van der Waals surface area contributed by atoms with Crippen LogP contribution >= 0.6 is 0 Å². The molecule has 25 heavy (non-hydrogen) atoms. The number of hydrogen-bond acceptors (Lipinski definition) is 5. The molecule has 2 heterocycles. The molecule has 4 rings (SSSR count). The molecule has 7 nitrogen and oxygen atoms in total. The fraction of sp³-hybridized carbons (Fsp3) is 0.556. The highest BCUT2D eigenvalue weighted by Gasteiger charge is 2.39. The first-order valence-electron chi connectivity index (χ1n) is 8.87. The first kappa shape index (κ1) is 16.1. The number of primary amides is 1. The Morgan fingerprint density at radius 2 is 2.08 bits per heavy atom. The molecule has 0 aromatic carbocycles. The Morgan fingerprint density at radius 1 is 1.36 bits per heavy atom. The van der Waals surface area contributed by atoms with Crippen molar-refractivity contribution in [3.8, 4) is 11.4 Å². The van der Waals surface area contributed by atoms with E-state index in [1.807, 2.05) is 13.2 Å². The van der Waals surface area contributed by atoms with E-state index >= 15 is 0 Å². The summed E-state index contributed by atoms with van der Waals surface area (Å²) in [6, 6.07) is 0.449. The molecule has 1 amide bonds. The Hall–Kier alpha value is -2.44. The molecule has 0 radical (unpaired) electrons. The quantitative estimate of drug-likeness (QED) is 0.892. The Kier molecular flexibility index (Phi) is 3.56. The highest BCUT2D eigenvalue weighted by molar-refractivity contribution is 5.95. The van der Waals surface area contributed by atoms with Gasteiger partial charge < -0.3 is 11.1 Å². The molecule has 132 valence electrons. The van der Waals surface area contributed by atoms with Gasteiger partial charge in [0.25, 0.3) is 5.91 Å². The number of nitrogens with one attached hydrogen (secondary N) is 1. The Labute approximate surface area is 147 Å². The first-order chi connectivity index (χ1) is 11.9. The highest BCUT2D eigenvalue weighted by Crippen LogP contribution is 2.43. The van der Waals surface area contributed by atoms with E-state index in [-0.39, 0.29) is 5.41 Å². The van der Waals surface area contributed by atoms with E-state index in [0.717, 1.165) is 41.8 Å². The largest absolute Gasteiger partial charge is 0.364 e. The molecule has 0 atom stereocenters. The van der Waals surface area contributed by atoms with E-state index in [4.69, 9.17) is 10.7 Å². The molecular weight excluding hydrogens is 316 g/mol. The third-order valence-corrected chi connectivity index (χ3v) is 5.37. The van der Waals surface area contributed by atoms with Gasteiger partial charge in [-0.3, -0.25) is 9.48 Å². The lowest BCUT2D eigenvalue weighted by Gasteiger charge is -2.31. The second-order valence-corrected chi connectivity index (χ2v) is 7.81. The molecule has 0 unspecified atom stereocenters. The summed E-state index contributed by atoms with van der Waals surface area (Å²) in [4.78, 5) is 21.2. The summed E-state index contributed by atoms with van der Waals surface area (Å²) in [5.41, 5.74) is 9.36. The monoisotopic (exact) mass is 340 g/mol. The van der Waals surface area contributed by atoms with Crippen LogP contribution in [0, 0.1) is 0 Å². The van der Waals surface area contributed by atoms with Crippen LogP contribution in [-0.4, -0.2) is 31.7 Å². The lowest BCUT2D eigenvalue weighted by Crippen LogP contribution is -2.29. The van der Waals surface area contributed by atoms with E-state index in [1.165, 1.54) is 12.8 Å². The maximum absolute atomic E-state index is 11.9.